The van der Waals surface area contributed by atoms with E-state index in [1.54, 1.807) is 20.8 Å². The van der Waals surface area contributed by atoms with Gasteiger partial charge in [-0.15, -0.1) is 0 Å². The fourth-order valence-electron chi connectivity index (χ4n) is 1.35. The van der Waals surface area contributed by atoms with Gasteiger partial charge in [0.25, 0.3) is 0 Å². The molecule has 1 amide bonds. The fourth-order valence-corrected chi connectivity index (χ4v) is 1.35. The Bertz CT molecular complexity index is 270. The summed E-state index contributed by atoms with van der Waals surface area (Å²) in [7, 11) is 0. The van der Waals surface area contributed by atoms with Gasteiger partial charge in [-0.2, -0.15) is 0 Å². The zero-order valence-electron chi connectivity index (χ0n) is 9.45. The van der Waals surface area contributed by atoms with Gasteiger partial charge in [-0.05, 0) is 20.8 Å². The number of ketones is 1. The summed E-state index contributed by atoms with van der Waals surface area (Å²) in [6, 6.07) is -0.564. The summed E-state index contributed by atoms with van der Waals surface area (Å²) in [5.74, 6) is 0.00908. The normalized spacial score (nSPS) is 22.8. The molecule has 1 unspecified atom stereocenters. The van der Waals surface area contributed by atoms with Crippen molar-refractivity contribution in [3.63, 3.8) is 0 Å². The fraction of sp³-hybridized carbons (Fsp3) is 0.800. The number of nitrogens with two attached hydrogens (primary N) is 1. The molecule has 1 rings (SSSR count). The molecule has 0 bridgehead atoms. The molecule has 15 heavy (non-hydrogen) atoms. The molecule has 1 aliphatic heterocycles. The van der Waals surface area contributed by atoms with Crippen molar-refractivity contribution in [2.24, 2.45) is 5.73 Å². The SMILES string of the molecule is CC(C)(C)OC(=O)N1CCC(=O)C(N)C1. The highest BCUT2D eigenvalue weighted by Crippen LogP contribution is 2.13. The van der Waals surface area contributed by atoms with Gasteiger partial charge in [0.2, 0.25) is 0 Å². The van der Waals surface area contributed by atoms with Gasteiger partial charge in [0.05, 0.1) is 6.04 Å². The number of hydrogen-bond acceptors (Lipinski definition) is 4. The van der Waals surface area contributed by atoms with Crippen molar-refractivity contribution >= 4 is 11.9 Å². The van der Waals surface area contributed by atoms with E-state index in [1.807, 2.05) is 0 Å². The van der Waals surface area contributed by atoms with Crippen molar-refractivity contribution < 1.29 is 14.3 Å². The van der Waals surface area contributed by atoms with Gasteiger partial charge in [-0.1, -0.05) is 0 Å². The van der Waals surface area contributed by atoms with Crippen LogP contribution in [0.15, 0.2) is 0 Å². The Kier molecular flexibility index (Phi) is 3.34. The topological polar surface area (TPSA) is 72.6 Å². The molecule has 0 saturated carbocycles. The molecule has 1 aliphatic rings. The summed E-state index contributed by atoms with van der Waals surface area (Å²) in [6.07, 6.45) is -0.0779. The number of Topliss-reactive ketones (excluding diaryl/α,β-unsaturated/α-hetero) is 1. The summed E-state index contributed by atoms with van der Waals surface area (Å²) in [6.45, 7) is 6.08. The Hall–Kier alpha value is -1.10. The summed E-state index contributed by atoms with van der Waals surface area (Å²) < 4.78 is 5.18. The molecule has 1 fully saturated rings. The average Bonchev–Trinajstić information content (AvgIpc) is 2.06. The van der Waals surface area contributed by atoms with Crippen LogP contribution < -0.4 is 5.73 Å². The second-order valence-electron chi connectivity index (χ2n) is 4.75. The van der Waals surface area contributed by atoms with Gasteiger partial charge in [0.1, 0.15) is 5.60 Å². The maximum Gasteiger partial charge on any atom is 0.410 e. The minimum absolute atomic E-state index is 0.00908. The lowest BCUT2D eigenvalue weighted by Crippen LogP contribution is -2.52. The predicted molar refractivity (Wildman–Crippen MR) is 55.4 cm³/mol. The first-order valence-electron chi connectivity index (χ1n) is 5.06. The van der Waals surface area contributed by atoms with Gasteiger partial charge in [-0.25, -0.2) is 4.79 Å². The van der Waals surface area contributed by atoms with E-state index < -0.39 is 17.7 Å². The summed E-state index contributed by atoms with van der Waals surface area (Å²) in [5.41, 5.74) is 5.06. The molecule has 1 saturated heterocycles. The number of likely N-dealkylation sites (tertiary alicyclic amines) is 1. The van der Waals surface area contributed by atoms with Gasteiger partial charge >= 0.3 is 6.09 Å². The third-order valence-electron chi connectivity index (χ3n) is 2.11. The minimum atomic E-state index is -0.564. The zero-order valence-corrected chi connectivity index (χ0v) is 9.45. The average molecular weight is 214 g/mol. The zero-order chi connectivity index (χ0) is 11.6. The Labute approximate surface area is 89.6 Å². The van der Waals surface area contributed by atoms with E-state index in [0.29, 0.717) is 13.0 Å². The minimum Gasteiger partial charge on any atom is -0.444 e. The van der Waals surface area contributed by atoms with E-state index in [-0.39, 0.29) is 12.3 Å². The van der Waals surface area contributed by atoms with Crippen molar-refractivity contribution in [3.8, 4) is 0 Å². The number of carbonyl (C=O) groups is 2. The molecular formula is C10H18N2O3. The molecule has 2 N–H and O–H groups in total. The maximum atomic E-state index is 11.6. The Balaban J connectivity index is 2.51. The molecule has 0 aromatic carbocycles. The molecule has 1 atom stereocenters. The summed E-state index contributed by atoms with van der Waals surface area (Å²) in [4.78, 5) is 24.2. The molecular weight excluding hydrogens is 196 g/mol. The van der Waals surface area contributed by atoms with Crippen LogP contribution in [0.2, 0.25) is 0 Å². The van der Waals surface area contributed by atoms with Crippen molar-refractivity contribution in [2.75, 3.05) is 13.1 Å². The van der Waals surface area contributed by atoms with Crippen LogP contribution in [0, 0.1) is 0 Å². The quantitative estimate of drug-likeness (QED) is 0.638. The predicted octanol–water partition coefficient (Wildman–Crippen LogP) is 0.524. The van der Waals surface area contributed by atoms with Gasteiger partial charge in [-0.3, -0.25) is 4.79 Å². The van der Waals surface area contributed by atoms with Crippen molar-refractivity contribution in [2.45, 2.75) is 38.8 Å². The van der Waals surface area contributed by atoms with Crippen LogP contribution >= 0.6 is 0 Å². The highest BCUT2D eigenvalue weighted by atomic mass is 16.6. The molecule has 0 aromatic heterocycles. The lowest BCUT2D eigenvalue weighted by atomic mass is 10.1. The largest absolute Gasteiger partial charge is 0.444 e. The number of nitrogens with zero attached hydrogens (tertiary/aromatic N) is 1. The molecule has 0 aromatic rings. The van der Waals surface area contributed by atoms with Crippen molar-refractivity contribution in [3.05, 3.63) is 0 Å². The van der Waals surface area contributed by atoms with Crippen LogP contribution in [0.1, 0.15) is 27.2 Å². The Morgan fingerprint density at radius 1 is 1.53 bits per heavy atom. The number of rotatable bonds is 0. The first-order chi connectivity index (χ1) is 6.79. The molecule has 1 heterocycles. The van der Waals surface area contributed by atoms with Gasteiger partial charge in [0, 0.05) is 19.5 Å². The summed E-state index contributed by atoms with van der Waals surface area (Å²) in [5, 5.41) is 0. The van der Waals surface area contributed by atoms with E-state index in [1.165, 1.54) is 4.90 Å². The number of hydrogen-bond donors (Lipinski definition) is 1. The van der Waals surface area contributed by atoms with E-state index in [9.17, 15) is 9.59 Å². The first-order valence-corrected chi connectivity index (χ1v) is 5.06. The van der Waals surface area contributed by atoms with Crippen LogP contribution in [0.4, 0.5) is 4.79 Å². The Morgan fingerprint density at radius 3 is 2.60 bits per heavy atom. The molecule has 0 spiro atoms. The standard InChI is InChI=1S/C10H18N2O3/c1-10(2,3)15-9(14)12-5-4-8(13)7(11)6-12/h7H,4-6,11H2,1-3H3. The first kappa shape index (κ1) is 12.0. The second-order valence-corrected chi connectivity index (χ2v) is 4.75. The third-order valence-corrected chi connectivity index (χ3v) is 2.11. The van der Waals surface area contributed by atoms with Gasteiger partial charge < -0.3 is 15.4 Å². The van der Waals surface area contributed by atoms with E-state index in [0.717, 1.165) is 0 Å². The number of amides is 1. The smallest absolute Gasteiger partial charge is 0.410 e. The number of carbonyl (C=O) groups excluding carboxylic acids is 2. The van der Waals surface area contributed by atoms with Crippen LogP contribution in [0.5, 0.6) is 0 Å². The van der Waals surface area contributed by atoms with E-state index in [4.69, 9.17) is 10.5 Å². The summed E-state index contributed by atoms with van der Waals surface area (Å²) >= 11 is 0. The third kappa shape index (κ3) is 3.51. The molecule has 5 heteroatoms. The highest BCUT2D eigenvalue weighted by molar-refractivity contribution is 5.86. The molecule has 0 radical (unpaired) electrons. The van der Waals surface area contributed by atoms with Crippen LogP contribution in [-0.2, 0) is 9.53 Å². The van der Waals surface area contributed by atoms with Gasteiger partial charge in [0.15, 0.2) is 5.78 Å². The van der Waals surface area contributed by atoms with Crippen LogP contribution in [0.3, 0.4) is 0 Å². The second kappa shape index (κ2) is 4.18. The maximum absolute atomic E-state index is 11.6. The molecule has 5 nitrogen and oxygen atoms in total. The Morgan fingerprint density at radius 2 is 2.13 bits per heavy atom. The van der Waals surface area contributed by atoms with Crippen molar-refractivity contribution in [1.82, 2.24) is 4.90 Å². The monoisotopic (exact) mass is 214 g/mol. The van der Waals surface area contributed by atoms with Crippen LogP contribution in [0.25, 0.3) is 0 Å². The lowest BCUT2D eigenvalue weighted by molar-refractivity contribution is -0.122. The lowest BCUT2D eigenvalue weighted by Gasteiger charge is -2.31. The molecule has 0 aliphatic carbocycles. The number of piperidine rings is 1. The number of ether oxygens (including phenoxy) is 1. The van der Waals surface area contributed by atoms with E-state index in [2.05, 4.69) is 0 Å². The highest BCUT2D eigenvalue weighted by Gasteiger charge is 2.29. The van der Waals surface area contributed by atoms with Crippen molar-refractivity contribution in [1.29, 1.82) is 0 Å². The van der Waals surface area contributed by atoms with Crippen LogP contribution in [-0.4, -0.2) is 41.5 Å². The van der Waals surface area contributed by atoms with E-state index >= 15 is 0 Å². The molecule has 86 valence electrons.